The number of nitrogens with zero attached hydrogens (tertiary/aromatic N) is 1. The van der Waals surface area contributed by atoms with E-state index in [1.807, 2.05) is 0 Å². The summed E-state index contributed by atoms with van der Waals surface area (Å²) in [7, 11) is 0. The number of carboxylic acid groups (broad SMARTS) is 1. The van der Waals surface area contributed by atoms with Crippen LogP contribution in [0, 0.1) is 5.92 Å². The van der Waals surface area contributed by atoms with E-state index in [1.54, 1.807) is 13.8 Å². The first-order valence-corrected chi connectivity index (χ1v) is 10.0. The molecule has 0 spiro atoms. The van der Waals surface area contributed by atoms with Crippen LogP contribution in [0.15, 0.2) is 4.99 Å². The molecule has 182 valence electrons. The molecule has 4 amide bonds. The highest BCUT2D eigenvalue weighted by Gasteiger charge is 2.30. The maximum atomic E-state index is 12.7. The first kappa shape index (κ1) is 28.6. The standard InChI is InChI=1S/C18H34N8O6/c1-9(2)6-11(26-16(30)12(7-13(20)27)24-14(28)8-19)15(29)25-10(17(31)32)4-3-5-23-18(21)22/h9-12H,3-8,19H2,1-2H3,(H2,20,27)(H,24,28)(H,25,29)(H,26,30)(H,31,32)(H4,21,22,23). The number of hydrogen-bond donors (Lipinski definition) is 8. The van der Waals surface area contributed by atoms with Gasteiger partial charge in [-0.3, -0.25) is 24.2 Å². The Kier molecular flexibility index (Phi) is 13.0. The van der Waals surface area contributed by atoms with Crippen molar-refractivity contribution < 1.29 is 29.1 Å². The van der Waals surface area contributed by atoms with Gasteiger partial charge in [0.1, 0.15) is 18.1 Å². The maximum Gasteiger partial charge on any atom is 0.326 e. The molecule has 0 rings (SSSR count). The van der Waals surface area contributed by atoms with Gasteiger partial charge in [0.25, 0.3) is 0 Å². The molecule has 0 heterocycles. The van der Waals surface area contributed by atoms with Crippen LogP contribution < -0.4 is 38.9 Å². The molecule has 0 saturated heterocycles. The Morgan fingerprint density at radius 2 is 1.47 bits per heavy atom. The van der Waals surface area contributed by atoms with Gasteiger partial charge in [-0.1, -0.05) is 13.8 Å². The average Bonchev–Trinajstić information content (AvgIpc) is 2.67. The van der Waals surface area contributed by atoms with E-state index in [4.69, 9.17) is 22.9 Å². The van der Waals surface area contributed by atoms with E-state index in [1.165, 1.54) is 0 Å². The fraction of sp³-hybridized carbons (Fsp3) is 0.667. The second-order valence-electron chi connectivity index (χ2n) is 7.53. The Labute approximate surface area is 185 Å². The number of guanidine groups is 1. The number of rotatable bonds is 15. The summed E-state index contributed by atoms with van der Waals surface area (Å²) < 4.78 is 0. The summed E-state index contributed by atoms with van der Waals surface area (Å²) in [5.41, 5.74) is 20.8. The second kappa shape index (κ2) is 14.6. The fourth-order valence-electron chi connectivity index (χ4n) is 2.67. The minimum atomic E-state index is -1.33. The molecule has 12 N–H and O–H groups in total. The number of nitrogens with two attached hydrogens (primary N) is 4. The van der Waals surface area contributed by atoms with Crippen molar-refractivity contribution in [1.29, 1.82) is 0 Å². The van der Waals surface area contributed by atoms with Crippen LogP contribution >= 0.6 is 0 Å². The zero-order chi connectivity index (χ0) is 24.8. The van der Waals surface area contributed by atoms with Crippen LogP contribution in [0.25, 0.3) is 0 Å². The van der Waals surface area contributed by atoms with Crippen molar-refractivity contribution in [1.82, 2.24) is 16.0 Å². The smallest absolute Gasteiger partial charge is 0.326 e. The van der Waals surface area contributed by atoms with Gasteiger partial charge in [0.05, 0.1) is 13.0 Å². The number of carboxylic acids is 1. The highest BCUT2D eigenvalue weighted by molar-refractivity contribution is 5.95. The van der Waals surface area contributed by atoms with Gasteiger partial charge >= 0.3 is 5.97 Å². The van der Waals surface area contributed by atoms with E-state index < -0.39 is 60.7 Å². The average molecular weight is 459 g/mol. The summed E-state index contributed by atoms with van der Waals surface area (Å²) in [5, 5.41) is 16.5. The summed E-state index contributed by atoms with van der Waals surface area (Å²) >= 11 is 0. The zero-order valence-electron chi connectivity index (χ0n) is 18.3. The normalized spacial score (nSPS) is 13.4. The first-order chi connectivity index (χ1) is 14.9. The largest absolute Gasteiger partial charge is 0.480 e. The summed E-state index contributed by atoms with van der Waals surface area (Å²) in [6.07, 6.45) is 0.0153. The van der Waals surface area contributed by atoms with Crippen LogP contribution in [0.3, 0.4) is 0 Å². The van der Waals surface area contributed by atoms with E-state index >= 15 is 0 Å². The minimum absolute atomic E-state index is 0.0515. The van der Waals surface area contributed by atoms with Gasteiger partial charge in [0.15, 0.2) is 5.96 Å². The number of amides is 4. The van der Waals surface area contributed by atoms with Gasteiger partial charge in [0.2, 0.25) is 23.6 Å². The van der Waals surface area contributed by atoms with Crippen molar-refractivity contribution in [2.24, 2.45) is 33.8 Å². The van der Waals surface area contributed by atoms with Crippen molar-refractivity contribution in [2.45, 2.75) is 57.7 Å². The number of primary amides is 1. The molecular formula is C18H34N8O6. The van der Waals surface area contributed by atoms with E-state index in [-0.39, 0.29) is 31.3 Å². The Balaban J connectivity index is 5.33. The molecule has 0 aliphatic heterocycles. The molecule has 0 bridgehead atoms. The van der Waals surface area contributed by atoms with Crippen molar-refractivity contribution in [2.75, 3.05) is 13.1 Å². The Bertz CT molecular complexity index is 708. The molecule has 0 aromatic carbocycles. The number of hydrogen-bond acceptors (Lipinski definition) is 7. The highest BCUT2D eigenvalue weighted by atomic mass is 16.4. The third-order valence-electron chi connectivity index (χ3n) is 4.14. The second-order valence-corrected chi connectivity index (χ2v) is 7.53. The predicted octanol–water partition coefficient (Wildman–Crippen LogP) is -3.54. The molecule has 14 heteroatoms. The fourth-order valence-corrected chi connectivity index (χ4v) is 2.67. The number of nitrogens with one attached hydrogen (secondary N) is 3. The Morgan fingerprint density at radius 1 is 0.906 bits per heavy atom. The molecule has 0 aliphatic carbocycles. The van der Waals surface area contributed by atoms with E-state index in [2.05, 4.69) is 20.9 Å². The van der Waals surface area contributed by atoms with Crippen molar-refractivity contribution in [3.63, 3.8) is 0 Å². The van der Waals surface area contributed by atoms with Crippen LogP contribution in [0.1, 0.15) is 39.5 Å². The van der Waals surface area contributed by atoms with Gasteiger partial charge in [0, 0.05) is 6.54 Å². The van der Waals surface area contributed by atoms with Crippen LogP contribution in [0.5, 0.6) is 0 Å². The lowest BCUT2D eigenvalue weighted by atomic mass is 10.0. The number of aliphatic carboxylic acids is 1. The SMILES string of the molecule is CC(C)CC(NC(=O)C(CC(N)=O)NC(=O)CN)C(=O)NC(CCCN=C(N)N)C(=O)O. The lowest BCUT2D eigenvalue weighted by Gasteiger charge is -2.25. The van der Waals surface area contributed by atoms with Gasteiger partial charge in [-0.25, -0.2) is 4.79 Å². The number of aliphatic imine (C=N–C) groups is 1. The van der Waals surface area contributed by atoms with Gasteiger partial charge < -0.3 is 44.0 Å². The number of carbonyl (C=O) groups is 5. The van der Waals surface area contributed by atoms with E-state index in [9.17, 15) is 29.1 Å². The topological polar surface area (TPSA) is 258 Å². The molecule has 0 aliphatic rings. The molecule has 0 aromatic rings. The van der Waals surface area contributed by atoms with Crippen LogP contribution in [-0.4, -0.2) is 71.9 Å². The third kappa shape index (κ3) is 12.3. The molecule has 14 nitrogen and oxygen atoms in total. The molecule has 3 unspecified atom stereocenters. The van der Waals surface area contributed by atoms with Crippen LogP contribution in [-0.2, 0) is 24.0 Å². The van der Waals surface area contributed by atoms with Crippen molar-refractivity contribution >= 4 is 35.6 Å². The quantitative estimate of drug-likeness (QED) is 0.0685. The summed E-state index contributed by atoms with van der Waals surface area (Å²) in [6.45, 7) is 3.36. The van der Waals surface area contributed by atoms with E-state index in [0.29, 0.717) is 6.42 Å². The van der Waals surface area contributed by atoms with Crippen molar-refractivity contribution in [3.05, 3.63) is 0 Å². The Hall–Kier alpha value is -3.42. The first-order valence-electron chi connectivity index (χ1n) is 10.0. The lowest BCUT2D eigenvalue weighted by molar-refractivity contribution is -0.142. The lowest BCUT2D eigenvalue weighted by Crippen LogP contribution is -2.57. The van der Waals surface area contributed by atoms with Crippen molar-refractivity contribution in [3.8, 4) is 0 Å². The minimum Gasteiger partial charge on any atom is -0.480 e. The molecule has 0 saturated carbocycles. The summed E-state index contributed by atoms with van der Waals surface area (Å²) in [5.74, 6) is -4.55. The molecule has 0 radical (unpaired) electrons. The molecular weight excluding hydrogens is 424 g/mol. The van der Waals surface area contributed by atoms with Crippen LogP contribution in [0.2, 0.25) is 0 Å². The van der Waals surface area contributed by atoms with Gasteiger partial charge in [-0.05, 0) is 25.2 Å². The molecule has 0 aromatic heterocycles. The van der Waals surface area contributed by atoms with Gasteiger partial charge in [-0.2, -0.15) is 0 Å². The Morgan fingerprint density at radius 3 is 1.94 bits per heavy atom. The number of carbonyl (C=O) groups excluding carboxylic acids is 4. The molecule has 3 atom stereocenters. The zero-order valence-corrected chi connectivity index (χ0v) is 18.3. The van der Waals surface area contributed by atoms with E-state index in [0.717, 1.165) is 0 Å². The van der Waals surface area contributed by atoms with Crippen LogP contribution in [0.4, 0.5) is 0 Å². The molecule has 0 fully saturated rings. The summed E-state index contributed by atoms with van der Waals surface area (Å²) in [6, 6.07) is -3.69. The third-order valence-corrected chi connectivity index (χ3v) is 4.14. The highest BCUT2D eigenvalue weighted by Crippen LogP contribution is 2.08. The molecule has 32 heavy (non-hydrogen) atoms. The monoisotopic (exact) mass is 458 g/mol. The van der Waals surface area contributed by atoms with Gasteiger partial charge in [-0.15, -0.1) is 0 Å². The maximum absolute atomic E-state index is 12.7. The summed E-state index contributed by atoms with van der Waals surface area (Å²) in [4.78, 5) is 63.4. The predicted molar refractivity (Wildman–Crippen MR) is 116 cm³/mol.